The zero-order chi connectivity index (χ0) is 16.5. The minimum Gasteiger partial charge on any atom is -0.397 e. The molecule has 1 aromatic heterocycles. The lowest BCUT2D eigenvalue weighted by molar-refractivity contribution is 0.122. The molecule has 122 valence electrons. The Balaban J connectivity index is 1.74. The first kappa shape index (κ1) is 14.7. The Hall–Kier alpha value is -2.86. The van der Waals surface area contributed by atoms with E-state index in [4.69, 9.17) is 21.2 Å². The second kappa shape index (κ2) is 5.98. The molecule has 2 heterocycles. The van der Waals surface area contributed by atoms with E-state index >= 15 is 0 Å². The van der Waals surface area contributed by atoms with Crippen LogP contribution in [0.4, 0.5) is 17.2 Å². The summed E-state index contributed by atoms with van der Waals surface area (Å²) in [5.41, 5.74) is 16.7. The highest BCUT2D eigenvalue weighted by atomic mass is 16.5. The van der Waals surface area contributed by atoms with Crippen molar-refractivity contribution in [3.8, 4) is 11.1 Å². The van der Waals surface area contributed by atoms with E-state index in [1.165, 1.54) is 0 Å². The first-order valence-corrected chi connectivity index (χ1v) is 7.95. The molecule has 1 aliphatic rings. The van der Waals surface area contributed by atoms with Crippen molar-refractivity contribution in [1.82, 2.24) is 9.97 Å². The normalized spacial score (nSPS) is 14.9. The molecule has 1 fully saturated rings. The van der Waals surface area contributed by atoms with Gasteiger partial charge < -0.3 is 21.1 Å². The standard InChI is InChI=1S/C18H19N5O/c19-14-3-1-12(9-15(14)20)13-2-4-16-17(10-13)22-18(11-21-16)23-5-7-24-8-6-23/h1-4,9-11H,5-8,19-20H2. The van der Waals surface area contributed by atoms with E-state index in [0.29, 0.717) is 11.4 Å². The van der Waals surface area contributed by atoms with Gasteiger partial charge in [-0.15, -0.1) is 0 Å². The van der Waals surface area contributed by atoms with Crippen LogP contribution in [0.15, 0.2) is 42.6 Å². The molecule has 0 unspecified atom stereocenters. The zero-order valence-corrected chi connectivity index (χ0v) is 13.3. The summed E-state index contributed by atoms with van der Waals surface area (Å²) in [7, 11) is 0. The fourth-order valence-corrected chi connectivity index (χ4v) is 2.88. The number of benzene rings is 2. The third-order valence-electron chi connectivity index (χ3n) is 4.28. The number of nitrogen functional groups attached to an aromatic ring is 2. The van der Waals surface area contributed by atoms with Crippen LogP contribution in [0.25, 0.3) is 22.2 Å². The van der Waals surface area contributed by atoms with Crippen LogP contribution in [-0.4, -0.2) is 36.3 Å². The highest BCUT2D eigenvalue weighted by Gasteiger charge is 2.13. The summed E-state index contributed by atoms with van der Waals surface area (Å²) in [6.45, 7) is 3.14. The Bertz CT molecular complexity index is 890. The molecule has 0 spiro atoms. The van der Waals surface area contributed by atoms with Gasteiger partial charge in [-0.2, -0.15) is 0 Å². The molecule has 6 heteroatoms. The summed E-state index contributed by atoms with van der Waals surface area (Å²) in [6, 6.07) is 11.7. The van der Waals surface area contributed by atoms with Crippen molar-refractivity contribution >= 4 is 28.2 Å². The van der Waals surface area contributed by atoms with Gasteiger partial charge in [-0.25, -0.2) is 4.98 Å². The summed E-state index contributed by atoms with van der Waals surface area (Å²) in [6.07, 6.45) is 1.83. The fourth-order valence-electron chi connectivity index (χ4n) is 2.88. The third-order valence-corrected chi connectivity index (χ3v) is 4.28. The maximum atomic E-state index is 5.92. The number of fused-ring (bicyclic) bond motifs is 1. The number of ether oxygens (including phenoxy) is 1. The molecule has 1 aliphatic heterocycles. The number of rotatable bonds is 2. The van der Waals surface area contributed by atoms with E-state index in [0.717, 1.165) is 54.3 Å². The van der Waals surface area contributed by atoms with Crippen LogP contribution >= 0.6 is 0 Å². The summed E-state index contributed by atoms with van der Waals surface area (Å²) < 4.78 is 5.39. The van der Waals surface area contributed by atoms with Gasteiger partial charge in [0.25, 0.3) is 0 Å². The summed E-state index contributed by atoms with van der Waals surface area (Å²) in [5.74, 6) is 0.889. The number of hydrogen-bond acceptors (Lipinski definition) is 6. The smallest absolute Gasteiger partial charge is 0.148 e. The Morgan fingerprint density at radius 2 is 1.62 bits per heavy atom. The fraction of sp³-hybridized carbons (Fsp3) is 0.222. The molecule has 0 amide bonds. The van der Waals surface area contributed by atoms with E-state index in [1.807, 2.05) is 42.6 Å². The van der Waals surface area contributed by atoms with E-state index in [-0.39, 0.29) is 0 Å². The SMILES string of the molecule is Nc1ccc(-c2ccc3ncc(N4CCOCC4)nc3c2)cc1N. The molecule has 4 N–H and O–H groups in total. The molecule has 24 heavy (non-hydrogen) atoms. The molecule has 6 nitrogen and oxygen atoms in total. The first-order valence-electron chi connectivity index (χ1n) is 7.95. The summed E-state index contributed by atoms with van der Waals surface area (Å²) >= 11 is 0. The number of nitrogens with zero attached hydrogens (tertiary/aromatic N) is 3. The molecule has 0 atom stereocenters. The van der Waals surface area contributed by atoms with Crippen molar-refractivity contribution in [3.05, 3.63) is 42.6 Å². The van der Waals surface area contributed by atoms with E-state index < -0.39 is 0 Å². The molecular weight excluding hydrogens is 302 g/mol. The highest BCUT2D eigenvalue weighted by Crippen LogP contribution is 2.27. The minimum absolute atomic E-state index is 0.584. The topological polar surface area (TPSA) is 90.3 Å². The van der Waals surface area contributed by atoms with Crippen LogP contribution in [-0.2, 0) is 4.74 Å². The van der Waals surface area contributed by atoms with Crippen LogP contribution in [0.1, 0.15) is 0 Å². The van der Waals surface area contributed by atoms with Crippen LogP contribution < -0.4 is 16.4 Å². The van der Waals surface area contributed by atoms with Gasteiger partial charge in [0.15, 0.2) is 0 Å². The molecule has 0 aliphatic carbocycles. The van der Waals surface area contributed by atoms with Crippen molar-refractivity contribution in [3.63, 3.8) is 0 Å². The predicted molar refractivity (Wildman–Crippen MR) is 96.8 cm³/mol. The molecule has 1 saturated heterocycles. The predicted octanol–water partition coefficient (Wildman–Crippen LogP) is 2.30. The maximum absolute atomic E-state index is 5.92. The van der Waals surface area contributed by atoms with E-state index in [1.54, 1.807) is 0 Å². The van der Waals surface area contributed by atoms with Crippen LogP contribution in [0, 0.1) is 0 Å². The monoisotopic (exact) mass is 321 g/mol. The second-order valence-corrected chi connectivity index (χ2v) is 5.87. The number of hydrogen-bond donors (Lipinski definition) is 2. The summed E-state index contributed by atoms with van der Waals surface area (Å²) in [4.78, 5) is 11.5. The van der Waals surface area contributed by atoms with Crippen LogP contribution in [0.3, 0.4) is 0 Å². The van der Waals surface area contributed by atoms with Crippen molar-refractivity contribution in [2.24, 2.45) is 0 Å². The van der Waals surface area contributed by atoms with Gasteiger partial charge in [-0.1, -0.05) is 12.1 Å². The number of nitrogens with two attached hydrogens (primary N) is 2. The molecule has 0 bridgehead atoms. The van der Waals surface area contributed by atoms with Crippen LogP contribution in [0.2, 0.25) is 0 Å². The average Bonchev–Trinajstić information content (AvgIpc) is 2.64. The van der Waals surface area contributed by atoms with Gasteiger partial charge in [-0.3, -0.25) is 4.98 Å². The van der Waals surface area contributed by atoms with E-state index in [9.17, 15) is 0 Å². The lowest BCUT2D eigenvalue weighted by Crippen LogP contribution is -2.36. The molecule has 4 rings (SSSR count). The number of aromatic nitrogens is 2. The Morgan fingerprint density at radius 3 is 2.42 bits per heavy atom. The molecule has 2 aromatic carbocycles. The van der Waals surface area contributed by atoms with Gasteiger partial charge in [0, 0.05) is 13.1 Å². The van der Waals surface area contributed by atoms with Crippen molar-refractivity contribution in [1.29, 1.82) is 0 Å². The Labute approximate surface area is 140 Å². The molecule has 0 radical (unpaired) electrons. The molecular formula is C18H19N5O. The zero-order valence-electron chi connectivity index (χ0n) is 13.3. The van der Waals surface area contributed by atoms with Gasteiger partial charge in [0.2, 0.25) is 0 Å². The average molecular weight is 321 g/mol. The molecule has 3 aromatic rings. The molecule has 0 saturated carbocycles. The van der Waals surface area contributed by atoms with Crippen molar-refractivity contribution < 1.29 is 4.74 Å². The van der Waals surface area contributed by atoms with Gasteiger partial charge in [-0.05, 0) is 35.4 Å². The van der Waals surface area contributed by atoms with Crippen molar-refractivity contribution in [2.45, 2.75) is 0 Å². The lowest BCUT2D eigenvalue weighted by atomic mass is 10.0. The van der Waals surface area contributed by atoms with Crippen LogP contribution in [0.5, 0.6) is 0 Å². The maximum Gasteiger partial charge on any atom is 0.148 e. The van der Waals surface area contributed by atoms with Gasteiger partial charge in [0.1, 0.15) is 5.82 Å². The Kier molecular flexibility index (Phi) is 3.66. The quantitative estimate of drug-likeness (QED) is 0.704. The largest absolute Gasteiger partial charge is 0.397 e. The minimum atomic E-state index is 0.584. The lowest BCUT2D eigenvalue weighted by Gasteiger charge is -2.27. The highest BCUT2D eigenvalue weighted by molar-refractivity contribution is 5.84. The summed E-state index contributed by atoms with van der Waals surface area (Å²) in [5, 5.41) is 0. The third kappa shape index (κ3) is 2.72. The number of anilines is 3. The second-order valence-electron chi connectivity index (χ2n) is 5.87. The van der Waals surface area contributed by atoms with Gasteiger partial charge in [0.05, 0.1) is 41.8 Å². The first-order chi connectivity index (χ1) is 11.7. The number of morpholine rings is 1. The van der Waals surface area contributed by atoms with E-state index in [2.05, 4.69) is 9.88 Å². The van der Waals surface area contributed by atoms with Gasteiger partial charge >= 0.3 is 0 Å². The van der Waals surface area contributed by atoms with Crippen molar-refractivity contribution in [2.75, 3.05) is 42.7 Å². The Morgan fingerprint density at radius 1 is 0.875 bits per heavy atom.